The number of aryl methyl sites for hydroxylation is 1. The van der Waals surface area contributed by atoms with Crippen LogP contribution in [-0.2, 0) is 6.42 Å². The number of nitro groups is 1. The molecule has 21 heavy (non-hydrogen) atoms. The van der Waals surface area contributed by atoms with Crippen LogP contribution in [-0.4, -0.2) is 14.6 Å². The lowest BCUT2D eigenvalue weighted by Gasteiger charge is -2.21. The normalized spacial score (nSPS) is 17.6. The van der Waals surface area contributed by atoms with Crippen LogP contribution >= 0.6 is 15.9 Å². The monoisotopic (exact) mass is 350 g/mol. The van der Waals surface area contributed by atoms with Gasteiger partial charge in [-0.1, -0.05) is 0 Å². The van der Waals surface area contributed by atoms with Gasteiger partial charge in [0.15, 0.2) is 0 Å². The quantitative estimate of drug-likeness (QED) is 0.661. The number of hydrogen-bond acceptors (Lipinski definition) is 3. The summed E-state index contributed by atoms with van der Waals surface area (Å²) in [6.07, 6.45) is 2.12. The fraction of sp³-hybridized carbons (Fsp3) is 0.333. The summed E-state index contributed by atoms with van der Waals surface area (Å²) < 4.78 is 2.81. The van der Waals surface area contributed by atoms with E-state index in [1.807, 2.05) is 17.6 Å². The first kappa shape index (κ1) is 14.3. The molecule has 0 spiro atoms. The number of fused-ring (bicyclic) bond motifs is 1. The van der Waals surface area contributed by atoms with E-state index in [9.17, 15) is 15.2 Å². The van der Waals surface area contributed by atoms with Gasteiger partial charge in [-0.05, 0) is 54.2 Å². The molecule has 0 fully saturated rings. The predicted molar refractivity (Wildman–Crippen MR) is 82.8 cm³/mol. The molecule has 2 aromatic rings. The Morgan fingerprint density at radius 1 is 1.43 bits per heavy atom. The van der Waals surface area contributed by atoms with Crippen LogP contribution in [0.1, 0.15) is 35.9 Å². The van der Waals surface area contributed by atoms with E-state index in [4.69, 9.17) is 0 Å². The van der Waals surface area contributed by atoms with E-state index in [-0.39, 0.29) is 5.69 Å². The Hall–Kier alpha value is -1.66. The molecule has 0 aliphatic heterocycles. The average molecular weight is 351 g/mol. The number of rotatable bonds is 2. The van der Waals surface area contributed by atoms with Crippen LogP contribution < -0.4 is 0 Å². The number of aromatic nitrogens is 1. The van der Waals surface area contributed by atoms with Crippen LogP contribution in [0.25, 0.3) is 5.69 Å². The van der Waals surface area contributed by atoms with Crippen molar-refractivity contribution in [2.75, 3.05) is 0 Å². The molecule has 1 aliphatic rings. The van der Waals surface area contributed by atoms with Crippen molar-refractivity contribution in [3.8, 4) is 5.69 Å². The number of hydrogen-bond donors (Lipinski definition) is 1. The number of nitrogens with zero attached hydrogens (tertiary/aromatic N) is 2. The largest absolute Gasteiger partial charge is 0.388 e. The molecular formula is C15H15BrN2O3. The molecule has 0 radical (unpaired) electrons. The van der Waals surface area contributed by atoms with Crippen LogP contribution in [0.2, 0.25) is 0 Å². The van der Waals surface area contributed by atoms with Gasteiger partial charge in [0.05, 0.1) is 16.7 Å². The first-order valence-electron chi connectivity index (χ1n) is 6.82. The minimum absolute atomic E-state index is 0.0615. The number of aliphatic hydroxyl groups excluding tert-OH is 1. The fourth-order valence-corrected chi connectivity index (χ4v) is 3.42. The van der Waals surface area contributed by atoms with Crippen LogP contribution in [0, 0.1) is 17.0 Å². The highest BCUT2D eigenvalue weighted by Gasteiger charge is 2.25. The summed E-state index contributed by atoms with van der Waals surface area (Å²) in [7, 11) is 0. The van der Waals surface area contributed by atoms with Crippen LogP contribution in [0.3, 0.4) is 0 Å². The van der Waals surface area contributed by atoms with E-state index in [0.717, 1.165) is 46.4 Å². The van der Waals surface area contributed by atoms with E-state index >= 15 is 0 Å². The van der Waals surface area contributed by atoms with Crippen molar-refractivity contribution in [2.45, 2.75) is 32.3 Å². The van der Waals surface area contributed by atoms with E-state index in [1.165, 1.54) is 6.07 Å². The minimum atomic E-state index is -0.439. The van der Waals surface area contributed by atoms with E-state index < -0.39 is 11.0 Å². The molecule has 3 rings (SSSR count). The second kappa shape index (κ2) is 5.27. The van der Waals surface area contributed by atoms with Gasteiger partial charge in [0.25, 0.3) is 5.69 Å². The van der Waals surface area contributed by atoms with Crippen molar-refractivity contribution in [1.29, 1.82) is 0 Å². The van der Waals surface area contributed by atoms with Gasteiger partial charge in [0, 0.05) is 33.6 Å². The molecule has 1 aromatic carbocycles. The predicted octanol–water partition coefficient (Wildman–Crippen LogP) is 3.83. The van der Waals surface area contributed by atoms with Gasteiger partial charge in [-0.25, -0.2) is 0 Å². The van der Waals surface area contributed by atoms with E-state index in [0.29, 0.717) is 0 Å². The molecule has 1 atom stereocenters. The highest BCUT2D eigenvalue weighted by molar-refractivity contribution is 9.10. The minimum Gasteiger partial charge on any atom is -0.388 e. The summed E-state index contributed by atoms with van der Waals surface area (Å²) in [4.78, 5) is 10.6. The molecule has 0 amide bonds. The zero-order valence-electron chi connectivity index (χ0n) is 11.5. The molecule has 0 bridgehead atoms. The molecule has 1 aliphatic carbocycles. The number of non-ortho nitro benzene ring substituents is 1. The Bertz CT molecular complexity index is 724. The van der Waals surface area contributed by atoms with Crippen molar-refractivity contribution in [3.05, 3.63) is 55.8 Å². The van der Waals surface area contributed by atoms with Gasteiger partial charge < -0.3 is 9.67 Å². The maximum atomic E-state index is 11.0. The number of benzene rings is 1. The highest BCUT2D eigenvalue weighted by Crippen LogP contribution is 2.36. The second-order valence-corrected chi connectivity index (χ2v) is 6.18. The number of halogens is 1. The first-order chi connectivity index (χ1) is 9.99. The lowest BCUT2D eigenvalue weighted by atomic mass is 9.95. The topological polar surface area (TPSA) is 68.3 Å². The molecule has 1 N–H and O–H groups in total. The van der Waals surface area contributed by atoms with Crippen molar-refractivity contribution in [1.82, 2.24) is 4.57 Å². The zero-order chi connectivity index (χ0) is 15.1. The van der Waals surface area contributed by atoms with Gasteiger partial charge in [-0.3, -0.25) is 10.1 Å². The standard InChI is InChI=1S/C15H15BrN2O3/c1-9-7-11-13(3-2-4-15(11)19)17(9)14-8-10(18(20)21)5-6-12(14)16/h5-8,15,19H,2-4H2,1H3. The van der Waals surface area contributed by atoms with Gasteiger partial charge >= 0.3 is 0 Å². The van der Waals surface area contributed by atoms with Gasteiger partial charge in [0.2, 0.25) is 0 Å². The third-order valence-corrected chi connectivity index (χ3v) is 4.62. The lowest BCUT2D eigenvalue weighted by Crippen LogP contribution is -2.12. The van der Waals surface area contributed by atoms with Crippen LogP contribution in [0.15, 0.2) is 28.7 Å². The summed E-state index contributed by atoms with van der Waals surface area (Å²) in [5, 5.41) is 21.1. The van der Waals surface area contributed by atoms with Crippen molar-refractivity contribution in [3.63, 3.8) is 0 Å². The van der Waals surface area contributed by atoms with Crippen molar-refractivity contribution >= 4 is 21.6 Å². The molecule has 0 saturated heterocycles. The maximum absolute atomic E-state index is 11.0. The van der Waals surface area contributed by atoms with E-state index in [1.54, 1.807) is 12.1 Å². The highest BCUT2D eigenvalue weighted by atomic mass is 79.9. The Kier molecular flexibility index (Phi) is 3.59. The lowest BCUT2D eigenvalue weighted by molar-refractivity contribution is -0.384. The first-order valence-corrected chi connectivity index (χ1v) is 7.62. The molecule has 1 heterocycles. The summed E-state index contributed by atoms with van der Waals surface area (Å²) in [5.41, 5.74) is 3.77. The summed E-state index contributed by atoms with van der Waals surface area (Å²) in [5.74, 6) is 0. The molecule has 1 aromatic heterocycles. The summed E-state index contributed by atoms with van der Waals surface area (Å²) >= 11 is 3.47. The number of nitro benzene ring substituents is 1. The smallest absolute Gasteiger partial charge is 0.271 e. The maximum Gasteiger partial charge on any atom is 0.271 e. The SMILES string of the molecule is Cc1cc2c(n1-c1cc([N+](=O)[O-])ccc1Br)CCCC2O. The van der Waals surface area contributed by atoms with E-state index in [2.05, 4.69) is 15.9 Å². The summed E-state index contributed by atoms with van der Waals surface area (Å²) in [6, 6.07) is 6.72. The zero-order valence-corrected chi connectivity index (χ0v) is 13.1. The fourth-order valence-electron chi connectivity index (χ4n) is 3.00. The third-order valence-electron chi connectivity index (χ3n) is 3.95. The third kappa shape index (κ3) is 2.38. The number of aliphatic hydroxyl groups is 1. The van der Waals surface area contributed by atoms with Gasteiger partial charge in [-0.15, -0.1) is 0 Å². The van der Waals surface area contributed by atoms with Crippen LogP contribution in [0.4, 0.5) is 5.69 Å². The Labute approximate surface area is 130 Å². The molecule has 1 unspecified atom stereocenters. The van der Waals surface area contributed by atoms with Gasteiger partial charge in [0.1, 0.15) is 0 Å². The molecular weight excluding hydrogens is 336 g/mol. The summed E-state index contributed by atoms with van der Waals surface area (Å²) in [6.45, 7) is 1.95. The van der Waals surface area contributed by atoms with Crippen molar-refractivity contribution in [2.24, 2.45) is 0 Å². The molecule has 6 heteroatoms. The van der Waals surface area contributed by atoms with Gasteiger partial charge in [-0.2, -0.15) is 0 Å². The Morgan fingerprint density at radius 3 is 2.90 bits per heavy atom. The van der Waals surface area contributed by atoms with Crippen LogP contribution in [0.5, 0.6) is 0 Å². The Balaban J connectivity index is 2.21. The molecule has 5 nitrogen and oxygen atoms in total. The second-order valence-electron chi connectivity index (χ2n) is 5.32. The molecule has 0 saturated carbocycles. The average Bonchev–Trinajstić information content (AvgIpc) is 2.77. The Morgan fingerprint density at radius 2 is 2.19 bits per heavy atom. The molecule has 110 valence electrons. The van der Waals surface area contributed by atoms with Crippen molar-refractivity contribution < 1.29 is 10.0 Å².